The van der Waals surface area contributed by atoms with Crippen LogP contribution in [0.4, 0.5) is 5.13 Å². The van der Waals surface area contributed by atoms with E-state index >= 15 is 0 Å². The van der Waals surface area contributed by atoms with Crippen LogP contribution in [0.1, 0.15) is 46.6 Å². The highest BCUT2D eigenvalue weighted by atomic mass is 35.5. The smallest absolute Gasteiger partial charge is 0.257 e. The lowest BCUT2D eigenvalue weighted by Gasteiger charge is -2.11. The number of carbonyl (C=O) groups is 1. The van der Waals surface area contributed by atoms with Crippen LogP contribution < -0.4 is 14.8 Å². The van der Waals surface area contributed by atoms with E-state index < -0.39 is 0 Å². The summed E-state index contributed by atoms with van der Waals surface area (Å²) in [7, 11) is 0. The number of rotatable bonds is 2. The van der Waals surface area contributed by atoms with Crippen LogP contribution in [0.5, 0.6) is 11.5 Å². The van der Waals surface area contributed by atoms with Crippen LogP contribution in [-0.2, 0) is 12.8 Å². The summed E-state index contributed by atoms with van der Waals surface area (Å²) in [5.74, 6) is 0.795. The number of nitrogens with one attached hydrogen (secondary N) is 1. The average molecular weight is 379 g/mol. The first-order valence-corrected chi connectivity index (χ1v) is 9.79. The first-order valence-electron chi connectivity index (χ1n) is 8.60. The largest absolute Gasteiger partial charge is 0.489 e. The van der Waals surface area contributed by atoms with Crippen LogP contribution >= 0.6 is 22.9 Å². The Hall–Kier alpha value is -1.79. The van der Waals surface area contributed by atoms with Gasteiger partial charge in [-0.1, -0.05) is 18.0 Å². The van der Waals surface area contributed by atoms with Crippen LogP contribution in [0.25, 0.3) is 0 Å². The van der Waals surface area contributed by atoms with Crippen LogP contribution in [-0.4, -0.2) is 24.1 Å². The molecule has 4 rings (SSSR count). The zero-order valence-corrected chi connectivity index (χ0v) is 15.3. The van der Waals surface area contributed by atoms with Gasteiger partial charge in [0.05, 0.1) is 23.9 Å². The number of aryl methyl sites for hydroxylation is 2. The lowest BCUT2D eigenvalue weighted by Crippen LogP contribution is -2.12. The topological polar surface area (TPSA) is 60.5 Å². The van der Waals surface area contributed by atoms with Gasteiger partial charge < -0.3 is 9.47 Å². The van der Waals surface area contributed by atoms with Crippen molar-refractivity contribution in [3.63, 3.8) is 0 Å². The third-order valence-electron chi connectivity index (χ3n) is 4.38. The maximum Gasteiger partial charge on any atom is 0.257 e. The molecule has 0 fully saturated rings. The summed E-state index contributed by atoms with van der Waals surface area (Å²) in [5.41, 5.74) is 1.58. The number of carbonyl (C=O) groups excluding carboxylic acids is 1. The third-order valence-corrected chi connectivity index (χ3v) is 5.73. The fourth-order valence-corrected chi connectivity index (χ4v) is 4.42. The third kappa shape index (κ3) is 3.60. The molecule has 1 aromatic heterocycles. The summed E-state index contributed by atoms with van der Waals surface area (Å²) in [6.07, 6.45) is 6.45. The molecule has 5 nitrogen and oxygen atoms in total. The Morgan fingerprint density at radius 2 is 1.96 bits per heavy atom. The number of fused-ring (bicyclic) bond motifs is 2. The van der Waals surface area contributed by atoms with E-state index in [1.807, 2.05) is 0 Å². The normalized spacial score (nSPS) is 16.5. The van der Waals surface area contributed by atoms with Gasteiger partial charge in [-0.25, -0.2) is 4.98 Å². The number of anilines is 1. The molecule has 1 aliphatic heterocycles. The molecule has 2 heterocycles. The zero-order valence-electron chi connectivity index (χ0n) is 13.8. The number of nitrogens with zero attached hydrogens (tertiary/aromatic N) is 1. The van der Waals surface area contributed by atoms with E-state index in [0.717, 1.165) is 25.0 Å². The summed E-state index contributed by atoms with van der Waals surface area (Å²) < 4.78 is 11.2. The predicted octanol–water partition coefficient (Wildman–Crippen LogP) is 4.48. The van der Waals surface area contributed by atoms with Crippen LogP contribution in [0.2, 0.25) is 5.02 Å². The number of hydrogen-bond donors (Lipinski definition) is 1. The standard InChI is InChI=1S/C18H19ClN2O3S/c19-12-9-11(10-14-16(12)24-8-4-7-23-14)17(22)21-18-20-13-5-2-1-3-6-15(13)25-18/h9-10H,1-8H2,(H,20,21,22). The molecule has 25 heavy (non-hydrogen) atoms. The second kappa shape index (κ2) is 7.22. The van der Waals surface area contributed by atoms with E-state index in [9.17, 15) is 4.79 Å². The van der Waals surface area contributed by atoms with Gasteiger partial charge in [-0.05, 0) is 37.8 Å². The van der Waals surface area contributed by atoms with Crippen molar-refractivity contribution < 1.29 is 14.3 Å². The zero-order chi connectivity index (χ0) is 17.2. The number of ether oxygens (including phenoxy) is 2. The van der Waals surface area contributed by atoms with E-state index in [1.165, 1.54) is 24.1 Å². The van der Waals surface area contributed by atoms with E-state index in [1.54, 1.807) is 23.5 Å². The summed E-state index contributed by atoms with van der Waals surface area (Å²) >= 11 is 7.85. The molecule has 1 aromatic carbocycles. The van der Waals surface area contributed by atoms with E-state index in [2.05, 4.69) is 10.3 Å². The number of benzene rings is 1. The number of halogens is 1. The summed E-state index contributed by atoms with van der Waals surface area (Å²) in [6.45, 7) is 1.11. The summed E-state index contributed by atoms with van der Waals surface area (Å²) in [6, 6.07) is 3.30. The lowest BCUT2D eigenvalue weighted by atomic mass is 10.2. The minimum Gasteiger partial charge on any atom is -0.489 e. The van der Waals surface area contributed by atoms with Crippen LogP contribution in [0.3, 0.4) is 0 Å². The van der Waals surface area contributed by atoms with Gasteiger partial charge >= 0.3 is 0 Å². The SMILES string of the molecule is O=C(Nc1nc2c(s1)CCCCC2)c1cc(Cl)c2c(c1)OCCCO2. The van der Waals surface area contributed by atoms with Crippen molar-refractivity contribution in [3.8, 4) is 11.5 Å². The molecule has 1 N–H and O–H groups in total. The Kier molecular flexibility index (Phi) is 4.81. The Morgan fingerprint density at radius 3 is 2.88 bits per heavy atom. The Labute approximate surface area is 155 Å². The Balaban J connectivity index is 1.55. The highest BCUT2D eigenvalue weighted by molar-refractivity contribution is 7.15. The Morgan fingerprint density at radius 1 is 1.12 bits per heavy atom. The molecule has 1 amide bonds. The summed E-state index contributed by atoms with van der Waals surface area (Å²) in [5, 5.41) is 3.94. The lowest BCUT2D eigenvalue weighted by molar-refractivity contribution is 0.102. The Bertz CT molecular complexity index is 782. The number of hydrogen-bond acceptors (Lipinski definition) is 5. The number of aromatic nitrogens is 1. The van der Waals surface area contributed by atoms with Crippen molar-refractivity contribution >= 4 is 34.0 Å². The molecule has 0 spiro atoms. The van der Waals surface area contributed by atoms with E-state index in [4.69, 9.17) is 21.1 Å². The quantitative estimate of drug-likeness (QED) is 0.783. The molecular formula is C18H19ClN2O3S. The van der Waals surface area contributed by atoms with Crippen LogP contribution in [0.15, 0.2) is 12.1 Å². The molecule has 0 bridgehead atoms. The maximum absolute atomic E-state index is 12.6. The molecule has 0 atom stereocenters. The molecule has 7 heteroatoms. The highest BCUT2D eigenvalue weighted by Gasteiger charge is 2.20. The monoisotopic (exact) mass is 378 g/mol. The molecular weight excluding hydrogens is 360 g/mol. The first kappa shape index (κ1) is 16.7. The van der Waals surface area contributed by atoms with Crippen molar-refractivity contribution in [2.45, 2.75) is 38.5 Å². The van der Waals surface area contributed by atoms with Crippen molar-refractivity contribution in [1.82, 2.24) is 4.98 Å². The van der Waals surface area contributed by atoms with Gasteiger partial charge in [0.1, 0.15) is 0 Å². The predicted molar refractivity (Wildman–Crippen MR) is 98.4 cm³/mol. The molecule has 2 aromatic rings. The van der Waals surface area contributed by atoms with Crippen LogP contribution in [0, 0.1) is 0 Å². The summed E-state index contributed by atoms with van der Waals surface area (Å²) in [4.78, 5) is 18.5. The van der Waals surface area contributed by atoms with Gasteiger partial charge in [0.15, 0.2) is 16.6 Å². The van der Waals surface area contributed by atoms with Gasteiger partial charge in [0.25, 0.3) is 5.91 Å². The van der Waals surface area contributed by atoms with Crippen molar-refractivity contribution in [2.24, 2.45) is 0 Å². The second-order valence-corrected chi connectivity index (χ2v) is 7.73. The van der Waals surface area contributed by atoms with Gasteiger partial charge in [-0.3, -0.25) is 10.1 Å². The van der Waals surface area contributed by atoms with Gasteiger partial charge in [0.2, 0.25) is 0 Å². The molecule has 0 radical (unpaired) electrons. The molecule has 0 unspecified atom stereocenters. The molecule has 2 aliphatic rings. The minimum atomic E-state index is -0.235. The van der Waals surface area contributed by atoms with Crippen molar-refractivity contribution in [3.05, 3.63) is 33.3 Å². The average Bonchev–Trinajstić information content (AvgIpc) is 2.78. The molecule has 0 saturated heterocycles. The fraction of sp³-hybridized carbons (Fsp3) is 0.444. The second-order valence-electron chi connectivity index (χ2n) is 6.24. The van der Waals surface area contributed by atoms with E-state index in [0.29, 0.717) is 40.4 Å². The first-order chi connectivity index (χ1) is 12.2. The van der Waals surface area contributed by atoms with Crippen molar-refractivity contribution in [1.29, 1.82) is 0 Å². The molecule has 1 aliphatic carbocycles. The number of amides is 1. The van der Waals surface area contributed by atoms with E-state index in [-0.39, 0.29) is 5.91 Å². The highest BCUT2D eigenvalue weighted by Crippen LogP contribution is 2.38. The fourth-order valence-electron chi connectivity index (χ4n) is 3.11. The van der Waals surface area contributed by atoms with Gasteiger partial charge in [-0.2, -0.15) is 0 Å². The van der Waals surface area contributed by atoms with Gasteiger partial charge in [0, 0.05) is 16.9 Å². The van der Waals surface area contributed by atoms with Gasteiger partial charge in [-0.15, -0.1) is 11.3 Å². The van der Waals surface area contributed by atoms with Crippen molar-refractivity contribution in [2.75, 3.05) is 18.5 Å². The minimum absolute atomic E-state index is 0.235. The maximum atomic E-state index is 12.6. The molecule has 132 valence electrons. The molecule has 0 saturated carbocycles. The number of thiazole rings is 1.